The second-order valence-electron chi connectivity index (χ2n) is 6.96. The Kier molecular flexibility index (Phi) is 4.28. The average molecular weight is 406 g/mol. The molecule has 3 aliphatic rings. The van der Waals surface area contributed by atoms with Crippen LogP contribution in [0.25, 0.3) is 22.5 Å². The van der Waals surface area contributed by atoms with Gasteiger partial charge in [0.15, 0.2) is 0 Å². The van der Waals surface area contributed by atoms with Crippen LogP contribution in [-0.4, -0.2) is 21.1 Å². The van der Waals surface area contributed by atoms with Crippen molar-refractivity contribution in [2.24, 2.45) is 4.99 Å². The number of hydrogen-bond donors (Lipinski definition) is 1. The Balaban J connectivity index is 1.69. The number of nitrogens with zero attached hydrogens (tertiary/aromatic N) is 4. The Morgan fingerprint density at radius 2 is 2.00 bits per heavy atom. The third-order valence-corrected chi connectivity index (χ3v) is 5.37. The highest BCUT2D eigenvalue weighted by molar-refractivity contribution is 6.33. The number of benzene rings is 2. The predicted octanol–water partition coefficient (Wildman–Crippen LogP) is 4.81. The number of aryl methyl sites for hydroxylation is 1. The molecule has 3 aliphatic heterocycles. The van der Waals surface area contributed by atoms with Gasteiger partial charge in [0, 0.05) is 41.0 Å². The van der Waals surface area contributed by atoms with E-state index in [2.05, 4.69) is 24.8 Å². The zero-order valence-corrected chi connectivity index (χ0v) is 16.4. The van der Waals surface area contributed by atoms with Gasteiger partial charge in [0.2, 0.25) is 0 Å². The van der Waals surface area contributed by atoms with Crippen LogP contribution in [0.15, 0.2) is 59.7 Å². The fraction of sp³-hybridized carbons (Fsp3) is 0.136. The van der Waals surface area contributed by atoms with Crippen LogP contribution >= 0.6 is 11.6 Å². The molecule has 2 aromatic carbocycles. The molecule has 5 rings (SSSR count). The lowest BCUT2D eigenvalue weighted by Gasteiger charge is -2.17. The summed E-state index contributed by atoms with van der Waals surface area (Å²) in [6.07, 6.45) is 1.75. The molecule has 0 spiro atoms. The van der Waals surface area contributed by atoms with Crippen molar-refractivity contribution in [2.75, 3.05) is 11.9 Å². The molecule has 3 heterocycles. The summed E-state index contributed by atoms with van der Waals surface area (Å²) in [6, 6.07) is 14.6. The lowest BCUT2D eigenvalue weighted by molar-refractivity contribution is 0.618. The minimum atomic E-state index is -0.295. The summed E-state index contributed by atoms with van der Waals surface area (Å²) in [6.45, 7) is 3.30. The van der Waals surface area contributed by atoms with E-state index in [1.54, 1.807) is 25.3 Å². The van der Waals surface area contributed by atoms with E-state index in [1.807, 2.05) is 30.3 Å². The van der Waals surface area contributed by atoms with Crippen molar-refractivity contribution in [3.8, 4) is 22.5 Å². The highest BCUT2D eigenvalue weighted by atomic mass is 35.5. The van der Waals surface area contributed by atoms with E-state index in [0.717, 1.165) is 41.4 Å². The quantitative estimate of drug-likeness (QED) is 0.520. The van der Waals surface area contributed by atoms with Gasteiger partial charge >= 0.3 is 0 Å². The molecule has 144 valence electrons. The first-order valence-electron chi connectivity index (χ1n) is 9.30. The molecule has 0 atom stereocenters. The lowest BCUT2D eigenvalue weighted by atomic mass is 10.0. The lowest BCUT2D eigenvalue weighted by Crippen LogP contribution is -2.17. The Labute approximate surface area is 171 Å². The van der Waals surface area contributed by atoms with E-state index in [-0.39, 0.29) is 5.82 Å². The standard InChI is InChI=1S/C22H17ClFN5/c1-13-6-7-15(11-19(13)24)27-22-26-12-14-10-17(16-4-2-3-5-18(16)23)21-25-8-9-29(21)20(14)28-22/h2-7,10-12,25H,8-9H2,1H3. The molecule has 2 aromatic rings. The fourth-order valence-corrected chi connectivity index (χ4v) is 3.80. The smallest absolute Gasteiger partial charge is 0.251 e. The number of nitrogens with one attached hydrogen (secondary N) is 1. The maximum Gasteiger partial charge on any atom is 0.251 e. The van der Waals surface area contributed by atoms with Crippen molar-refractivity contribution in [1.82, 2.24) is 14.5 Å². The maximum absolute atomic E-state index is 13.8. The molecule has 0 bridgehead atoms. The third kappa shape index (κ3) is 3.15. The molecular formula is C22H17ClFN5. The highest BCUT2D eigenvalue weighted by Crippen LogP contribution is 2.39. The van der Waals surface area contributed by atoms with Gasteiger partial charge in [-0.2, -0.15) is 4.98 Å². The summed E-state index contributed by atoms with van der Waals surface area (Å²) >= 11 is 6.44. The number of fused-ring (bicyclic) bond motifs is 3. The first-order chi connectivity index (χ1) is 14.1. The van der Waals surface area contributed by atoms with Crippen molar-refractivity contribution < 1.29 is 4.39 Å². The fourth-order valence-electron chi connectivity index (χ4n) is 3.57. The molecule has 0 saturated heterocycles. The SMILES string of the molecule is Cc1ccc(N=c2ncc3cc(-c4ccccc4Cl)c4n(c-3n2)CCN4)cc1F. The van der Waals surface area contributed by atoms with Crippen molar-refractivity contribution >= 4 is 23.1 Å². The molecule has 5 nitrogen and oxygen atoms in total. The summed E-state index contributed by atoms with van der Waals surface area (Å²) in [5, 5.41) is 4.13. The largest absolute Gasteiger partial charge is 0.369 e. The maximum atomic E-state index is 13.8. The van der Waals surface area contributed by atoms with Gasteiger partial charge < -0.3 is 9.88 Å². The molecule has 0 amide bonds. The van der Waals surface area contributed by atoms with Crippen LogP contribution in [0.4, 0.5) is 15.9 Å². The van der Waals surface area contributed by atoms with Crippen molar-refractivity contribution in [1.29, 1.82) is 0 Å². The molecule has 0 aliphatic carbocycles. The van der Waals surface area contributed by atoms with Crippen molar-refractivity contribution in [3.63, 3.8) is 0 Å². The van der Waals surface area contributed by atoms with Crippen LogP contribution in [-0.2, 0) is 6.54 Å². The monoisotopic (exact) mass is 405 g/mol. The van der Waals surface area contributed by atoms with Crippen LogP contribution < -0.4 is 10.9 Å². The highest BCUT2D eigenvalue weighted by Gasteiger charge is 2.22. The number of halogens is 2. The molecule has 7 heteroatoms. The van der Waals surface area contributed by atoms with Crippen LogP contribution in [0.2, 0.25) is 5.02 Å². The first kappa shape index (κ1) is 17.8. The number of hydrogen-bond acceptors (Lipinski definition) is 4. The van der Waals surface area contributed by atoms with Crippen molar-refractivity contribution in [2.45, 2.75) is 13.5 Å². The van der Waals surface area contributed by atoms with E-state index >= 15 is 0 Å². The van der Waals surface area contributed by atoms with Gasteiger partial charge in [-0.15, -0.1) is 0 Å². The number of pyridine rings is 1. The number of anilines is 1. The second kappa shape index (κ2) is 6.97. The topological polar surface area (TPSA) is 55.1 Å². The summed E-state index contributed by atoms with van der Waals surface area (Å²) < 4.78 is 15.9. The van der Waals surface area contributed by atoms with E-state index in [4.69, 9.17) is 11.6 Å². The molecule has 0 unspecified atom stereocenters. The third-order valence-electron chi connectivity index (χ3n) is 5.04. The Bertz CT molecular complexity index is 1280. The van der Waals surface area contributed by atoms with E-state index in [1.165, 1.54) is 6.07 Å². The summed E-state index contributed by atoms with van der Waals surface area (Å²) in [4.78, 5) is 13.4. The molecular weight excluding hydrogens is 389 g/mol. The summed E-state index contributed by atoms with van der Waals surface area (Å²) in [7, 11) is 0. The van der Waals surface area contributed by atoms with Gasteiger partial charge in [0.1, 0.15) is 17.5 Å². The van der Waals surface area contributed by atoms with Crippen molar-refractivity contribution in [3.05, 3.63) is 76.7 Å². The van der Waals surface area contributed by atoms with Gasteiger partial charge in [0.25, 0.3) is 5.62 Å². The van der Waals surface area contributed by atoms with Crippen LogP contribution in [0.3, 0.4) is 0 Å². The van der Waals surface area contributed by atoms with Gasteiger partial charge in [-0.1, -0.05) is 35.9 Å². The number of aromatic nitrogens is 3. The molecule has 0 radical (unpaired) electrons. The van der Waals surface area contributed by atoms with E-state index in [0.29, 0.717) is 21.9 Å². The number of rotatable bonds is 2. The zero-order valence-electron chi connectivity index (χ0n) is 15.7. The van der Waals surface area contributed by atoms with Gasteiger partial charge in [-0.25, -0.2) is 14.4 Å². The predicted molar refractivity (Wildman–Crippen MR) is 112 cm³/mol. The first-order valence-corrected chi connectivity index (χ1v) is 9.68. The van der Waals surface area contributed by atoms with Crippen LogP contribution in [0.5, 0.6) is 0 Å². The van der Waals surface area contributed by atoms with Gasteiger partial charge in [0.05, 0.1) is 5.69 Å². The van der Waals surface area contributed by atoms with E-state index in [9.17, 15) is 4.39 Å². The normalized spacial score (nSPS) is 13.6. The summed E-state index contributed by atoms with van der Waals surface area (Å²) in [5.41, 5.74) is 4.22. The second-order valence-corrected chi connectivity index (χ2v) is 7.37. The minimum absolute atomic E-state index is 0.295. The molecule has 0 fully saturated rings. The molecule has 0 aromatic heterocycles. The van der Waals surface area contributed by atoms with Gasteiger partial charge in [-0.05, 0) is 36.8 Å². The molecule has 1 N–H and O–H groups in total. The Morgan fingerprint density at radius 1 is 1.14 bits per heavy atom. The van der Waals surface area contributed by atoms with Crippen LogP contribution in [0.1, 0.15) is 5.56 Å². The minimum Gasteiger partial charge on any atom is -0.369 e. The zero-order chi connectivity index (χ0) is 20.0. The van der Waals surface area contributed by atoms with E-state index < -0.39 is 0 Å². The molecule has 0 saturated carbocycles. The average Bonchev–Trinajstić information content (AvgIpc) is 3.21. The Morgan fingerprint density at radius 3 is 2.83 bits per heavy atom. The summed E-state index contributed by atoms with van der Waals surface area (Å²) in [5.74, 6) is 1.45. The molecule has 29 heavy (non-hydrogen) atoms. The Hall–Kier alpha value is -3.25. The van der Waals surface area contributed by atoms with Crippen LogP contribution in [0, 0.1) is 12.7 Å². The van der Waals surface area contributed by atoms with Gasteiger partial charge in [-0.3, -0.25) is 0 Å².